The van der Waals surface area contributed by atoms with Crippen LogP contribution in [0.25, 0.3) is 0 Å². The van der Waals surface area contributed by atoms with Crippen molar-refractivity contribution in [1.82, 2.24) is 0 Å². The molecule has 0 bridgehead atoms. The van der Waals surface area contributed by atoms with E-state index in [1.165, 1.54) is 6.07 Å². The van der Waals surface area contributed by atoms with Crippen LogP contribution >= 0.6 is 15.9 Å². The second-order valence-corrected chi connectivity index (χ2v) is 6.17. The second kappa shape index (κ2) is 5.28. The number of hydrogen-bond donors (Lipinski definition) is 1. The zero-order valence-corrected chi connectivity index (χ0v) is 11.6. The van der Waals surface area contributed by atoms with Crippen molar-refractivity contribution in [2.75, 3.05) is 0 Å². The molecule has 0 fully saturated rings. The summed E-state index contributed by atoms with van der Waals surface area (Å²) in [5, 5.41) is 0. The van der Waals surface area contributed by atoms with Gasteiger partial charge >= 0.3 is 0 Å². The van der Waals surface area contributed by atoms with Crippen LogP contribution in [0.4, 0.5) is 4.39 Å². The largest absolute Gasteiger partial charge is 0.328 e. The summed E-state index contributed by atoms with van der Waals surface area (Å²) in [5.41, 5.74) is 6.57. The van der Waals surface area contributed by atoms with E-state index < -0.39 is 0 Å². The molecule has 90 valence electrons. The van der Waals surface area contributed by atoms with Crippen molar-refractivity contribution in [2.24, 2.45) is 11.1 Å². The molecule has 1 rings (SSSR count). The van der Waals surface area contributed by atoms with Gasteiger partial charge in [-0.25, -0.2) is 4.39 Å². The van der Waals surface area contributed by atoms with Crippen LogP contribution in [0.5, 0.6) is 0 Å². The van der Waals surface area contributed by atoms with Gasteiger partial charge in [-0.2, -0.15) is 0 Å². The molecular weight excluding hydrogens is 269 g/mol. The summed E-state index contributed by atoms with van der Waals surface area (Å²) in [6.07, 6.45) is 1.60. The highest BCUT2D eigenvalue weighted by molar-refractivity contribution is 9.10. The van der Waals surface area contributed by atoms with Gasteiger partial charge in [0.25, 0.3) is 0 Å². The third kappa shape index (κ3) is 4.22. The van der Waals surface area contributed by atoms with Crippen molar-refractivity contribution in [1.29, 1.82) is 0 Å². The Morgan fingerprint density at radius 3 is 2.62 bits per heavy atom. The van der Waals surface area contributed by atoms with E-state index in [9.17, 15) is 4.39 Å². The molecule has 0 heterocycles. The first-order valence-electron chi connectivity index (χ1n) is 5.50. The maximum absolute atomic E-state index is 13.6. The molecule has 16 heavy (non-hydrogen) atoms. The summed E-state index contributed by atoms with van der Waals surface area (Å²) in [7, 11) is 0. The van der Waals surface area contributed by atoms with E-state index in [0.29, 0.717) is 6.42 Å². The smallest absolute Gasteiger partial charge is 0.126 e. The molecule has 0 aliphatic heterocycles. The normalized spacial score (nSPS) is 13.9. The van der Waals surface area contributed by atoms with Crippen LogP contribution in [0.15, 0.2) is 22.7 Å². The van der Waals surface area contributed by atoms with E-state index in [1.54, 1.807) is 6.07 Å². The lowest BCUT2D eigenvalue weighted by molar-refractivity contribution is 0.305. The lowest BCUT2D eigenvalue weighted by atomic mass is 9.80. The molecule has 0 aliphatic carbocycles. The van der Waals surface area contributed by atoms with Crippen LogP contribution < -0.4 is 5.73 Å². The third-order valence-electron chi connectivity index (χ3n) is 2.55. The van der Waals surface area contributed by atoms with Crippen molar-refractivity contribution >= 4 is 15.9 Å². The Bertz CT molecular complexity index is 361. The van der Waals surface area contributed by atoms with Crippen molar-refractivity contribution in [3.63, 3.8) is 0 Å². The van der Waals surface area contributed by atoms with Crippen molar-refractivity contribution in [2.45, 2.75) is 39.7 Å². The standard InChI is InChI=1S/C13H19BrFN/c1-9(16)7-13(2,3)8-10-6-11(14)4-5-12(10)15/h4-6,9H,7-8,16H2,1-3H3. The molecule has 0 radical (unpaired) electrons. The van der Waals surface area contributed by atoms with Gasteiger partial charge in [0.05, 0.1) is 0 Å². The fourth-order valence-electron chi connectivity index (χ4n) is 2.14. The Morgan fingerprint density at radius 1 is 1.44 bits per heavy atom. The Kier molecular flexibility index (Phi) is 4.51. The van der Waals surface area contributed by atoms with E-state index in [1.807, 2.05) is 13.0 Å². The summed E-state index contributed by atoms with van der Waals surface area (Å²) in [6, 6.07) is 5.21. The minimum absolute atomic E-state index is 0.0236. The maximum Gasteiger partial charge on any atom is 0.126 e. The van der Waals surface area contributed by atoms with E-state index >= 15 is 0 Å². The molecular formula is C13H19BrFN. The first-order chi connectivity index (χ1) is 7.30. The van der Waals surface area contributed by atoms with Crippen LogP contribution in [0, 0.1) is 11.2 Å². The number of hydrogen-bond acceptors (Lipinski definition) is 1. The van der Waals surface area contributed by atoms with E-state index in [2.05, 4.69) is 29.8 Å². The highest BCUT2D eigenvalue weighted by Gasteiger charge is 2.21. The minimum atomic E-state index is -0.138. The lowest BCUT2D eigenvalue weighted by Gasteiger charge is -2.27. The van der Waals surface area contributed by atoms with Crippen LogP contribution in [0.2, 0.25) is 0 Å². The summed E-state index contributed by atoms with van der Waals surface area (Å²) in [4.78, 5) is 0. The quantitative estimate of drug-likeness (QED) is 0.893. The molecule has 1 unspecified atom stereocenters. The van der Waals surface area contributed by atoms with Gasteiger partial charge < -0.3 is 5.73 Å². The molecule has 0 saturated heterocycles. The molecule has 1 atom stereocenters. The summed E-state index contributed by atoms with van der Waals surface area (Å²) in [5.74, 6) is -0.138. The van der Waals surface area contributed by atoms with E-state index in [0.717, 1.165) is 16.5 Å². The van der Waals surface area contributed by atoms with Crippen LogP contribution in [-0.4, -0.2) is 6.04 Å². The van der Waals surface area contributed by atoms with E-state index in [-0.39, 0.29) is 17.3 Å². The Balaban J connectivity index is 2.82. The number of halogens is 2. The SMILES string of the molecule is CC(N)CC(C)(C)Cc1cc(Br)ccc1F. The third-order valence-corrected chi connectivity index (χ3v) is 3.04. The van der Waals surface area contributed by atoms with Gasteiger partial charge in [0.15, 0.2) is 0 Å². The Morgan fingerprint density at radius 2 is 2.06 bits per heavy atom. The van der Waals surface area contributed by atoms with Crippen molar-refractivity contribution in [3.05, 3.63) is 34.1 Å². The molecule has 0 aromatic heterocycles. The molecule has 3 heteroatoms. The lowest BCUT2D eigenvalue weighted by Crippen LogP contribution is -2.27. The van der Waals surface area contributed by atoms with Gasteiger partial charge in [0.2, 0.25) is 0 Å². The summed E-state index contributed by atoms with van der Waals surface area (Å²) < 4.78 is 14.5. The topological polar surface area (TPSA) is 26.0 Å². The van der Waals surface area contributed by atoms with Gasteiger partial charge in [-0.1, -0.05) is 29.8 Å². The molecule has 2 N–H and O–H groups in total. The molecule has 0 amide bonds. The average molecular weight is 288 g/mol. The first-order valence-corrected chi connectivity index (χ1v) is 6.29. The monoisotopic (exact) mass is 287 g/mol. The van der Waals surface area contributed by atoms with Crippen LogP contribution in [0.1, 0.15) is 32.8 Å². The molecule has 0 saturated carbocycles. The summed E-state index contributed by atoms with van der Waals surface area (Å²) in [6.45, 7) is 6.23. The predicted octanol–water partition coefficient (Wildman–Crippen LogP) is 3.89. The van der Waals surface area contributed by atoms with Gasteiger partial charge in [-0.15, -0.1) is 0 Å². The van der Waals surface area contributed by atoms with Crippen LogP contribution in [0.3, 0.4) is 0 Å². The van der Waals surface area contributed by atoms with Crippen molar-refractivity contribution < 1.29 is 4.39 Å². The van der Waals surface area contributed by atoms with Gasteiger partial charge in [0.1, 0.15) is 5.82 Å². The Labute approximate surface area is 105 Å². The molecule has 0 aliphatic rings. The minimum Gasteiger partial charge on any atom is -0.328 e. The summed E-state index contributed by atoms with van der Waals surface area (Å²) >= 11 is 3.36. The van der Waals surface area contributed by atoms with Gasteiger partial charge in [-0.05, 0) is 48.9 Å². The highest BCUT2D eigenvalue weighted by Crippen LogP contribution is 2.29. The number of benzene rings is 1. The van der Waals surface area contributed by atoms with Gasteiger partial charge in [-0.3, -0.25) is 0 Å². The zero-order valence-electron chi connectivity index (χ0n) is 10.1. The number of nitrogens with two attached hydrogens (primary N) is 1. The number of rotatable bonds is 4. The molecule has 1 aromatic rings. The molecule has 0 spiro atoms. The Hall–Kier alpha value is -0.410. The van der Waals surface area contributed by atoms with Gasteiger partial charge in [0, 0.05) is 10.5 Å². The average Bonchev–Trinajstić information content (AvgIpc) is 2.08. The molecule has 1 aromatic carbocycles. The first kappa shape index (κ1) is 13.7. The maximum atomic E-state index is 13.6. The van der Waals surface area contributed by atoms with Crippen LogP contribution in [-0.2, 0) is 6.42 Å². The zero-order chi connectivity index (χ0) is 12.3. The second-order valence-electron chi connectivity index (χ2n) is 5.26. The highest BCUT2D eigenvalue weighted by atomic mass is 79.9. The van der Waals surface area contributed by atoms with Crippen molar-refractivity contribution in [3.8, 4) is 0 Å². The predicted molar refractivity (Wildman–Crippen MR) is 69.9 cm³/mol. The van der Waals surface area contributed by atoms with E-state index in [4.69, 9.17) is 5.73 Å². The fraction of sp³-hybridized carbons (Fsp3) is 0.538. The molecule has 1 nitrogen and oxygen atoms in total. The fourth-order valence-corrected chi connectivity index (χ4v) is 2.55.